The Kier molecular flexibility index (Phi) is 12.1. The van der Waals surface area contributed by atoms with Gasteiger partial charge in [0.05, 0.1) is 13.0 Å². The van der Waals surface area contributed by atoms with Crippen LogP contribution in [0.2, 0.25) is 0 Å². The molecule has 0 saturated carbocycles. The van der Waals surface area contributed by atoms with Crippen LogP contribution in [0.4, 0.5) is 0 Å². The largest absolute Gasteiger partial charge is 0.481 e. The van der Waals surface area contributed by atoms with Crippen LogP contribution in [0, 0.1) is 0 Å². The third-order valence-corrected chi connectivity index (χ3v) is 3.51. The van der Waals surface area contributed by atoms with Crippen LogP contribution in [0.15, 0.2) is 4.99 Å². The van der Waals surface area contributed by atoms with Crippen LogP contribution in [-0.4, -0.2) is 71.0 Å². The molecule has 0 saturated heterocycles. The molecule has 9 N–H and O–H groups in total. The van der Waals surface area contributed by atoms with Crippen LogP contribution < -0.4 is 27.4 Å². The maximum atomic E-state index is 12.3. The molecule has 3 amide bonds. The fraction of sp³-hybridized carbons (Fsp3) is 0.625. The molecule has 0 aliphatic carbocycles. The maximum Gasteiger partial charge on any atom is 0.326 e. The van der Waals surface area contributed by atoms with Crippen LogP contribution in [0.3, 0.4) is 0 Å². The predicted molar refractivity (Wildman–Crippen MR) is 102 cm³/mol. The smallest absolute Gasteiger partial charge is 0.326 e. The number of aliphatic carboxylic acids is 2. The van der Waals surface area contributed by atoms with Crippen molar-refractivity contribution in [1.82, 2.24) is 16.0 Å². The SMILES string of the molecule is CCCC(=O)NC(CCCN=C(N)N)C(=O)NCC(=O)NC(CC(=O)O)C(=O)O. The number of carboxylic acid groups (broad SMARTS) is 2. The first-order chi connectivity index (χ1) is 13.6. The molecule has 0 rings (SSSR count). The molecule has 0 aromatic carbocycles. The van der Waals surface area contributed by atoms with Gasteiger partial charge in [-0.1, -0.05) is 6.92 Å². The molecule has 164 valence electrons. The van der Waals surface area contributed by atoms with Gasteiger partial charge in [0, 0.05) is 13.0 Å². The summed E-state index contributed by atoms with van der Waals surface area (Å²) in [5, 5.41) is 24.4. The summed E-state index contributed by atoms with van der Waals surface area (Å²) in [6, 6.07) is -2.57. The molecule has 0 aromatic rings. The van der Waals surface area contributed by atoms with Crippen molar-refractivity contribution in [3.05, 3.63) is 0 Å². The Balaban J connectivity index is 4.77. The number of nitrogens with two attached hydrogens (primary N) is 2. The lowest BCUT2D eigenvalue weighted by molar-refractivity contribution is -0.147. The van der Waals surface area contributed by atoms with E-state index in [9.17, 15) is 24.0 Å². The number of carbonyl (C=O) groups is 5. The molecule has 0 aliphatic heterocycles. The molecule has 2 atom stereocenters. The van der Waals surface area contributed by atoms with Crippen LogP contribution in [0.1, 0.15) is 39.0 Å². The Morgan fingerprint density at radius 3 is 2.14 bits per heavy atom. The summed E-state index contributed by atoms with van der Waals surface area (Å²) in [5.74, 6) is -4.90. The van der Waals surface area contributed by atoms with E-state index in [-0.39, 0.29) is 31.3 Å². The van der Waals surface area contributed by atoms with Crippen LogP contribution >= 0.6 is 0 Å². The average molecular weight is 416 g/mol. The quantitative estimate of drug-likeness (QED) is 0.0899. The number of nitrogens with zero attached hydrogens (tertiary/aromatic N) is 1. The number of carbonyl (C=O) groups excluding carboxylic acids is 3. The normalized spacial score (nSPS) is 12.2. The minimum Gasteiger partial charge on any atom is -0.481 e. The number of aliphatic imine (C=N–C) groups is 1. The lowest BCUT2D eigenvalue weighted by atomic mass is 10.1. The summed E-state index contributed by atoms with van der Waals surface area (Å²) in [7, 11) is 0. The molecule has 0 heterocycles. The van der Waals surface area contributed by atoms with E-state index in [4.69, 9.17) is 21.7 Å². The molecule has 0 aliphatic rings. The van der Waals surface area contributed by atoms with Gasteiger partial charge in [0.25, 0.3) is 0 Å². The van der Waals surface area contributed by atoms with Crippen LogP contribution in [-0.2, 0) is 24.0 Å². The molecule has 0 bridgehead atoms. The molecular weight excluding hydrogens is 388 g/mol. The summed E-state index contributed by atoms with van der Waals surface area (Å²) in [6.07, 6.45) is 0.574. The molecule has 0 fully saturated rings. The fourth-order valence-electron chi connectivity index (χ4n) is 2.18. The number of guanidine groups is 1. The number of carboxylic acids is 2. The van der Waals surface area contributed by atoms with E-state index >= 15 is 0 Å². The Morgan fingerprint density at radius 2 is 1.62 bits per heavy atom. The Labute approximate surface area is 167 Å². The van der Waals surface area contributed by atoms with E-state index in [2.05, 4.69) is 15.6 Å². The highest BCUT2D eigenvalue weighted by Gasteiger charge is 2.24. The summed E-state index contributed by atoms with van der Waals surface area (Å²) in [4.78, 5) is 61.3. The van der Waals surface area contributed by atoms with Crippen molar-refractivity contribution < 1.29 is 34.2 Å². The fourth-order valence-corrected chi connectivity index (χ4v) is 2.18. The van der Waals surface area contributed by atoms with E-state index in [0.717, 1.165) is 0 Å². The zero-order valence-corrected chi connectivity index (χ0v) is 16.1. The molecule has 13 nitrogen and oxygen atoms in total. The third kappa shape index (κ3) is 12.6. The molecule has 0 radical (unpaired) electrons. The van der Waals surface area contributed by atoms with Gasteiger partial charge in [0.15, 0.2) is 5.96 Å². The number of hydrogen-bond acceptors (Lipinski definition) is 6. The first kappa shape index (κ1) is 25.6. The van der Waals surface area contributed by atoms with Gasteiger partial charge >= 0.3 is 11.9 Å². The lowest BCUT2D eigenvalue weighted by Gasteiger charge is -2.18. The molecule has 0 spiro atoms. The van der Waals surface area contributed by atoms with Gasteiger partial charge in [-0.2, -0.15) is 0 Å². The first-order valence-electron chi connectivity index (χ1n) is 8.93. The van der Waals surface area contributed by atoms with Gasteiger partial charge in [-0.25, -0.2) is 4.79 Å². The van der Waals surface area contributed by atoms with Gasteiger partial charge < -0.3 is 37.6 Å². The van der Waals surface area contributed by atoms with E-state index in [1.54, 1.807) is 6.92 Å². The number of amides is 3. The lowest BCUT2D eigenvalue weighted by Crippen LogP contribution is -2.51. The highest BCUT2D eigenvalue weighted by molar-refractivity contribution is 5.92. The van der Waals surface area contributed by atoms with Crippen LogP contribution in [0.25, 0.3) is 0 Å². The van der Waals surface area contributed by atoms with Crippen molar-refractivity contribution in [2.24, 2.45) is 16.5 Å². The maximum absolute atomic E-state index is 12.3. The zero-order chi connectivity index (χ0) is 22.4. The minimum atomic E-state index is -1.63. The first-order valence-corrected chi connectivity index (χ1v) is 8.93. The zero-order valence-electron chi connectivity index (χ0n) is 16.1. The van der Waals surface area contributed by atoms with Crippen LogP contribution in [0.5, 0.6) is 0 Å². The highest BCUT2D eigenvalue weighted by Crippen LogP contribution is 2.00. The standard InChI is InChI=1S/C16H28N6O7/c1-2-4-11(23)21-9(5-3-6-19-16(17)18)14(27)20-8-12(24)22-10(15(28)29)7-13(25)26/h9-10H,2-8H2,1H3,(H,20,27)(H,21,23)(H,22,24)(H,25,26)(H,28,29)(H4,17,18,19). The molecule has 2 unspecified atom stereocenters. The van der Waals surface area contributed by atoms with Gasteiger partial charge in [0.1, 0.15) is 12.1 Å². The second-order valence-electron chi connectivity index (χ2n) is 6.09. The molecule has 13 heteroatoms. The van der Waals surface area contributed by atoms with Crippen molar-refractivity contribution in [2.45, 2.75) is 51.1 Å². The third-order valence-electron chi connectivity index (χ3n) is 3.51. The van der Waals surface area contributed by atoms with Crippen molar-refractivity contribution >= 4 is 35.6 Å². The van der Waals surface area contributed by atoms with Gasteiger partial charge in [-0.05, 0) is 19.3 Å². The van der Waals surface area contributed by atoms with Gasteiger partial charge in [-0.15, -0.1) is 0 Å². The summed E-state index contributed by atoms with van der Waals surface area (Å²) in [5.41, 5.74) is 10.4. The Morgan fingerprint density at radius 1 is 1.00 bits per heavy atom. The molecular formula is C16H28N6O7. The minimum absolute atomic E-state index is 0.105. The highest BCUT2D eigenvalue weighted by atomic mass is 16.4. The van der Waals surface area contributed by atoms with Gasteiger partial charge in [0.2, 0.25) is 17.7 Å². The van der Waals surface area contributed by atoms with E-state index in [1.807, 2.05) is 5.32 Å². The molecule has 0 aromatic heterocycles. The van der Waals surface area contributed by atoms with Crippen molar-refractivity contribution in [3.63, 3.8) is 0 Å². The van der Waals surface area contributed by atoms with E-state index < -0.39 is 48.8 Å². The monoisotopic (exact) mass is 416 g/mol. The summed E-state index contributed by atoms with van der Waals surface area (Å²) >= 11 is 0. The van der Waals surface area contributed by atoms with Crippen molar-refractivity contribution in [2.75, 3.05) is 13.1 Å². The topological polar surface area (TPSA) is 226 Å². The number of hydrogen-bond donors (Lipinski definition) is 7. The average Bonchev–Trinajstić information content (AvgIpc) is 2.61. The number of nitrogens with one attached hydrogen (secondary N) is 3. The van der Waals surface area contributed by atoms with E-state index in [0.29, 0.717) is 12.8 Å². The Hall–Kier alpha value is -3.38. The summed E-state index contributed by atoms with van der Waals surface area (Å²) < 4.78 is 0. The molecule has 29 heavy (non-hydrogen) atoms. The second kappa shape index (κ2) is 13.7. The van der Waals surface area contributed by atoms with Crippen molar-refractivity contribution in [1.29, 1.82) is 0 Å². The summed E-state index contributed by atoms with van der Waals surface area (Å²) in [6.45, 7) is 1.45. The Bertz CT molecular complexity index is 633. The second-order valence-corrected chi connectivity index (χ2v) is 6.09. The number of rotatable bonds is 14. The van der Waals surface area contributed by atoms with Crippen molar-refractivity contribution in [3.8, 4) is 0 Å². The van der Waals surface area contributed by atoms with E-state index in [1.165, 1.54) is 0 Å². The predicted octanol–water partition coefficient (Wildman–Crippen LogP) is -2.51. The van der Waals surface area contributed by atoms with Gasteiger partial charge in [-0.3, -0.25) is 24.2 Å².